The van der Waals surface area contributed by atoms with Gasteiger partial charge in [-0.3, -0.25) is 0 Å². The van der Waals surface area contributed by atoms with Crippen LogP contribution in [0.2, 0.25) is 0 Å². The van der Waals surface area contributed by atoms with Crippen LogP contribution in [0.3, 0.4) is 0 Å². The van der Waals surface area contributed by atoms with Gasteiger partial charge >= 0.3 is 0 Å². The summed E-state index contributed by atoms with van der Waals surface area (Å²) >= 11 is 0. The minimum atomic E-state index is -3.49. The van der Waals surface area contributed by atoms with E-state index in [0.29, 0.717) is 0 Å². The molecule has 0 unspecified atom stereocenters. The van der Waals surface area contributed by atoms with Crippen molar-refractivity contribution in [1.29, 1.82) is 0 Å². The molecule has 2 aliphatic carbocycles. The van der Waals surface area contributed by atoms with Crippen LogP contribution in [0.25, 0.3) is 0 Å². The zero-order chi connectivity index (χ0) is 12.8. The Kier molecular flexibility index (Phi) is 2.82. The maximum absolute atomic E-state index is 12.1. The van der Waals surface area contributed by atoms with Crippen molar-refractivity contribution in [2.45, 2.75) is 55.5 Å². The van der Waals surface area contributed by atoms with Crippen LogP contribution in [-0.4, -0.2) is 24.2 Å². The van der Waals surface area contributed by atoms with Crippen LogP contribution in [0.15, 0.2) is 11.1 Å². The molecule has 0 spiro atoms. The van der Waals surface area contributed by atoms with Gasteiger partial charge in [-0.25, -0.2) is 17.8 Å². The molecule has 1 aromatic heterocycles. The monoisotopic (exact) mass is 270 g/mol. The van der Waals surface area contributed by atoms with Crippen LogP contribution in [0, 0.1) is 0 Å². The highest BCUT2D eigenvalue weighted by Crippen LogP contribution is 2.33. The van der Waals surface area contributed by atoms with Crippen LogP contribution in [0.4, 0.5) is 5.82 Å². The van der Waals surface area contributed by atoms with Gasteiger partial charge in [0, 0.05) is 6.04 Å². The van der Waals surface area contributed by atoms with Crippen molar-refractivity contribution in [2.24, 2.45) is 0 Å². The lowest BCUT2D eigenvalue weighted by molar-refractivity contribution is 0.473. The predicted octanol–water partition coefficient (Wildman–Crippen LogP) is 1.02. The Morgan fingerprint density at radius 1 is 1.28 bits per heavy atom. The van der Waals surface area contributed by atoms with E-state index in [1.807, 2.05) is 0 Å². The smallest absolute Gasteiger partial charge is 0.246 e. The maximum atomic E-state index is 12.1. The Morgan fingerprint density at radius 2 is 1.94 bits per heavy atom. The Morgan fingerprint density at radius 3 is 2.56 bits per heavy atom. The van der Waals surface area contributed by atoms with Crippen molar-refractivity contribution in [3.63, 3.8) is 0 Å². The van der Waals surface area contributed by atoms with Crippen molar-refractivity contribution >= 4 is 15.8 Å². The van der Waals surface area contributed by atoms with E-state index in [4.69, 9.17) is 5.73 Å². The van der Waals surface area contributed by atoms with Gasteiger partial charge in [0.2, 0.25) is 10.0 Å². The second-order valence-corrected chi connectivity index (χ2v) is 6.85. The van der Waals surface area contributed by atoms with Crippen molar-refractivity contribution < 1.29 is 8.42 Å². The number of rotatable bonds is 4. The number of hydrogen-bond acceptors (Lipinski definition) is 4. The summed E-state index contributed by atoms with van der Waals surface area (Å²) in [6.45, 7) is 0. The fourth-order valence-electron chi connectivity index (χ4n) is 2.49. The standard InChI is InChI=1S/C11H18N4O2S/c12-11-10(18(16,17)14-8-5-6-8)7-13-15(11)9-3-1-2-4-9/h7-9,14H,1-6,12H2. The van der Waals surface area contributed by atoms with Crippen molar-refractivity contribution in [2.75, 3.05) is 5.73 Å². The fraction of sp³-hybridized carbons (Fsp3) is 0.727. The molecule has 2 saturated carbocycles. The van der Waals surface area contributed by atoms with Gasteiger partial charge in [-0.1, -0.05) is 12.8 Å². The van der Waals surface area contributed by atoms with E-state index in [-0.39, 0.29) is 22.8 Å². The molecule has 3 N–H and O–H groups in total. The lowest BCUT2D eigenvalue weighted by Crippen LogP contribution is -2.26. The second kappa shape index (κ2) is 4.24. The molecular formula is C11H18N4O2S. The summed E-state index contributed by atoms with van der Waals surface area (Å²) in [7, 11) is -3.49. The van der Waals surface area contributed by atoms with E-state index in [1.165, 1.54) is 6.20 Å². The summed E-state index contributed by atoms with van der Waals surface area (Å²) in [4.78, 5) is 0.126. The first-order valence-corrected chi connectivity index (χ1v) is 7.91. The van der Waals surface area contributed by atoms with E-state index in [9.17, 15) is 8.42 Å². The lowest BCUT2D eigenvalue weighted by atomic mass is 10.2. The molecular weight excluding hydrogens is 252 g/mol. The van der Waals surface area contributed by atoms with E-state index in [1.54, 1.807) is 4.68 Å². The van der Waals surface area contributed by atoms with Crippen LogP contribution in [0.1, 0.15) is 44.6 Å². The Balaban J connectivity index is 1.88. The number of aromatic nitrogens is 2. The summed E-state index contributed by atoms with van der Waals surface area (Å²) in [5.74, 6) is 0.273. The number of nitrogens with two attached hydrogens (primary N) is 1. The van der Waals surface area contributed by atoms with Crippen LogP contribution < -0.4 is 10.5 Å². The van der Waals surface area contributed by atoms with Crippen molar-refractivity contribution in [3.8, 4) is 0 Å². The zero-order valence-electron chi connectivity index (χ0n) is 10.2. The molecule has 0 radical (unpaired) electrons. The number of anilines is 1. The van der Waals surface area contributed by atoms with Gasteiger partial charge in [0.05, 0.1) is 12.2 Å². The summed E-state index contributed by atoms with van der Waals surface area (Å²) in [5.41, 5.74) is 5.95. The molecule has 18 heavy (non-hydrogen) atoms. The number of nitrogens with zero attached hydrogens (tertiary/aromatic N) is 2. The van der Waals surface area contributed by atoms with Gasteiger partial charge in [-0.15, -0.1) is 0 Å². The molecule has 6 nitrogen and oxygen atoms in total. The number of nitrogen functional groups attached to an aromatic ring is 1. The van der Waals surface area contributed by atoms with Crippen molar-refractivity contribution in [1.82, 2.24) is 14.5 Å². The molecule has 2 fully saturated rings. The van der Waals surface area contributed by atoms with Crippen LogP contribution >= 0.6 is 0 Å². The summed E-state index contributed by atoms with van der Waals surface area (Å²) in [5, 5.41) is 4.16. The summed E-state index contributed by atoms with van der Waals surface area (Å²) in [6.07, 6.45) is 7.58. The number of nitrogens with one attached hydrogen (secondary N) is 1. The zero-order valence-corrected chi connectivity index (χ0v) is 11.0. The molecule has 1 aromatic rings. The Hall–Kier alpha value is -1.08. The SMILES string of the molecule is Nc1c(S(=O)(=O)NC2CC2)cnn1C1CCCC1. The number of hydrogen-bond donors (Lipinski definition) is 2. The van der Waals surface area contributed by atoms with Gasteiger partial charge in [0.25, 0.3) is 0 Å². The topological polar surface area (TPSA) is 90.0 Å². The number of sulfonamides is 1. The van der Waals surface area contributed by atoms with Gasteiger partial charge in [0.15, 0.2) is 0 Å². The first kappa shape index (κ1) is 12.0. The summed E-state index contributed by atoms with van der Waals surface area (Å²) < 4.78 is 28.5. The molecule has 0 bridgehead atoms. The van der Waals surface area contributed by atoms with Crippen LogP contribution in [-0.2, 0) is 10.0 Å². The highest BCUT2D eigenvalue weighted by molar-refractivity contribution is 7.89. The molecule has 0 atom stereocenters. The molecule has 0 amide bonds. The quantitative estimate of drug-likeness (QED) is 0.854. The van der Waals surface area contributed by atoms with Gasteiger partial charge in [-0.05, 0) is 25.7 Å². The first-order valence-electron chi connectivity index (χ1n) is 6.43. The van der Waals surface area contributed by atoms with E-state index in [0.717, 1.165) is 38.5 Å². The molecule has 0 aliphatic heterocycles. The maximum Gasteiger partial charge on any atom is 0.246 e. The molecule has 7 heteroatoms. The van der Waals surface area contributed by atoms with Gasteiger partial charge in [0.1, 0.15) is 10.7 Å². The van der Waals surface area contributed by atoms with Gasteiger partial charge < -0.3 is 5.73 Å². The Labute approximate surface area is 107 Å². The molecule has 0 aromatic carbocycles. The third kappa shape index (κ3) is 2.12. The summed E-state index contributed by atoms with van der Waals surface area (Å²) in [6, 6.07) is 0.346. The second-order valence-electron chi connectivity index (χ2n) is 5.17. The fourth-order valence-corrected chi connectivity index (χ4v) is 3.84. The minimum Gasteiger partial charge on any atom is -0.383 e. The predicted molar refractivity (Wildman–Crippen MR) is 67.5 cm³/mol. The third-order valence-corrected chi connectivity index (χ3v) is 5.20. The highest BCUT2D eigenvalue weighted by Gasteiger charge is 2.31. The first-order chi connectivity index (χ1) is 8.58. The molecule has 0 saturated heterocycles. The molecule has 1 heterocycles. The highest BCUT2D eigenvalue weighted by atomic mass is 32.2. The van der Waals surface area contributed by atoms with Gasteiger partial charge in [-0.2, -0.15) is 5.10 Å². The van der Waals surface area contributed by atoms with E-state index >= 15 is 0 Å². The van der Waals surface area contributed by atoms with E-state index < -0.39 is 10.0 Å². The average Bonchev–Trinajstić information content (AvgIpc) is 2.80. The normalized spacial score (nSPS) is 21.6. The largest absolute Gasteiger partial charge is 0.383 e. The van der Waals surface area contributed by atoms with Crippen LogP contribution in [0.5, 0.6) is 0 Å². The van der Waals surface area contributed by atoms with Crippen molar-refractivity contribution in [3.05, 3.63) is 6.20 Å². The molecule has 100 valence electrons. The molecule has 3 rings (SSSR count). The lowest BCUT2D eigenvalue weighted by Gasteiger charge is -2.12. The average molecular weight is 270 g/mol. The molecule has 2 aliphatic rings. The Bertz CT molecular complexity index is 541. The minimum absolute atomic E-state index is 0.0873. The third-order valence-electron chi connectivity index (χ3n) is 3.66. The van der Waals surface area contributed by atoms with E-state index in [2.05, 4.69) is 9.82 Å².